The third-order valence-electron chi connectivity index (χ3n) is 1.81. The number of alkyl halides is 2. The standard InChI is InChI=1S/C9H5F2NO3/c10-9(11)15-7-2-8-6(12-4-14-8)1-5(7)3-13/h1-4,9H. The van der Waals surface area contributed by atoms with E-state index < -0.39 is 6.61 Å². The summed E-state index contributed by atoms with van der Waals surface area (Å²) < 4.78 is 33.0. The van der Waals surface area contributed by atoms with Crippen LogP contribution in [0, 0.1) is 0 Å². The summed E-state index contributed by atoms with van der Waals surface area (Å²) in [7, 11) is 0. The summed E-state index contributed by atoms with van der Waals surface area (Å²) in [5, 5.41) is 0. The Morgan fingerprint density at radius 1 is 1.47 bits per heavy atom. The van der Waals surface area contributed by atoms with Gasteiger partial charge in [0.15, 0.2) is 18.3 Å². The van der Waals surface area contributed by atoms with Crippen molar-refractivity contribution in [1.29, 1.82) is 0 Å². The average molecular weight is 213 g/mol. The number of nitrogens with zero attached hydrogens (tertiary/aromatic N) is 1. The minimum atomic E-state index is -2.98. The Bertz CT molecular complexity index is 495. The quantitative estimate of drug-likeness (QED) is 0.733. The molecule has 0 aliphatic rings. The topological polar surface area (TPSA) is 52.3 Å². The maximum Gasteiger partial charge on any atom is 0.387 e. The smallest absolute Gasteiger partial charge is 0.387 e. The van der Waals surface area contributed by atoms with Crippen LogP contribution >= 0.6 is 0 Å². The Morgan fingerprint density at radius 3 is 2.93 bits per heavy atom. The second kappa shape index (κ2) is 3.64. The Balaban J connectivity index is 2.54. The zero-order chi connectivity index (χ0) is 10.8. The van der Waals surface area contributed by atoms with E-state index in [1.165, 1.54) is 12.1 Å². The lowest BCUT2D eigenvalue weighted by Gasteiger charge is -2.05. The van der Waals surface area contributed by atoms with Crippen LogP contribution in [0.25, 0.3) is 11.1 Å². The zero-order valence-electron chi connectivity index (χ0n) is 7.31. The third-order valence-corrected chi connectivity index (χ3v) is 1.81. The van der Waals surface area contributed by atoms with Crippen molar-refractivity contribution in [3.05, 3.63) is 24.1 Å². The van der Waals surface area contributed by atoms with Gasteiger partial charge in [0.05, 0.1) is 5.56 Å². The third kappa shape index (κ3) is 1.78. The highest BCUT2D eigenvalue weighted by Gasteiger charge is 2.12. The van der Waals surface area contributed by atoms with Crippen molar-refractivity contribution in [3.8, 4) is 5.75 Å². The Kier molecular flexibility index (Phi) is 2.32. The van der Waals surface area contributed by atoms with E-state index in [9.17, 15) is 13.6 Å². The van der Waals surface area contributed by atoms with Gasteiger partial charge in [0, 0.05) is 6.07 Å². The lowest BCUT2D eigenvalue weighted by molar-refractivity contribution is -0.0500. The predicted octanol–water partition coefficient (Wildman–Crippen LogP) is 2.24. The molecule has 78 valence electrons. The van der Waals surface area contributed by atoms with E-state index in [1.54, 1.807) is 0 Å². The number of carbonyl (C=O) groups is 1. The fraction of sp³-hybridized carbons (Fsp3) is 0.111. The van der Waals surface area contributed by atoms with Crippen molar-refractivity contribution in [2.75, 3.05) is 0 Å². The molecule has 1 aromatic carbocycles. The van der Waals surface area contributed by atoms with Gasteiger partial charge in [-0.1, -0.05) is 0 Å². The highest BCUT2D eigenvalue weighted by Crippen LogP contribution is 2.25. The number of ether oxygens (including phenoxy) is 1. The molecule has 0 saturated carbocycles. The van der Waals surface area contributed by atoms with Crippen LogP contribution in [-0.4, -0.2) is 17.9 Å². The maximum absolute atomic E-state index is 12.0. The van der Waals surface area contributed by atoms with Gasteiger partial charge in [-0.2, -0.15) is 8.78 Å². The number of hydrogen-bond donors (Lipinski definition) is 0. The molecule has 0 bridgehead atoms. The van der Waals surface area contributed by atoms with E-state index in [0.717, 1.165) is 6.39 Å². The van der Waals surface area contributed by atoms with Crippen LogP contribution in [-0.2, 0) is 0 Å². The average Bonchev–Trinajstić information content (AvgIpc) is 2.62. The SMILES string of the molecule is O=Cc1cc2ncoc2cc1OC(F)F. The van der Waals surface area contributed by atoms with Crippen LogP contribution < -0.4 is 4.74 Å². The molecule has 0 saturated heterocycles. The van der Waals surface area contributed by atoms with Crippen molar-refractivity contribution in [2.45, 2.75) is 6.61 Å². The first kappa shape index (κ1) is 9.57. The number of oxazole rings is 1. The first-order chi connectivity index (χ1) is 7.20. The molecule has 0 aliphatic carbocycles. The van der Waals surface area contributed by atoms with E-state index in [0.29, 0.717) is 11.8 Å². The Hall–Kier alpha value is -1.98. The molecule has 2 rings (SSSR count). The first-order valence-corrected chi connectivity index (χ1v) is 3.98. The summed E-state index contributed by atoms with van der Waals surface area (Å²) in [6.45, 7) is -2.98. The number of fused-ring (bicyclic) bond motifs is 1. The van der Waals surface area contributed by atoms with Crippen LogP contribution in [0.2, 0.25) is 0 Å². The molecule has 1 heterocycles. The largest absolute Gasteiger partial charge is 0.443 e. The molecule has 0 amide bonds. The highest BCUT2D eigenvalue weighted by atomic mass is 19.3. The number of benzene rings is 1. The van der Waals surface area contributed by atoms with Gasteiger partial charge in [-0.05, 0) is 6.07 Å². The molecule has 0 radical (unpaired) electrons. The summed E-state index contributed by atoms with van der Waals surface area (Å²) in [6, 6.07) is 2.53. The normalized spacial score (nSPS) is 10.9. The number of hydrogen-bond acceptors (Lipinski definition) is 4. The molecule has 0 spiro atoms. The van der Waals surface area contributed by atoms with Crippen molar-refractivity contribution in [1.82, 2.24) is 4.98 Å². The number of aldehydes is 1. The minimum Gasteiger partial charge on any atom is -0.443 e. The van der Waals surface area contributed by atoms with Crippen LogP contribution in [0.15, 0.2) is 22.9 Å². The minimum absolute atomic E-state index is 0.0108. The molecule has 0 unspecified atom stereocenters. The molecule has 6 heteroatoms. The van der Waals surface area contributed by atoms with Gasteiger partial charge in [0.25, 0.3) is 0 Å². The summed E-state index contributed by atoms with van der Waals surface area (Å²) in [5.41, 5.74) is 0.715. The summed E-state index contributed by atoms with van der Waals surface area (Å²) >= 11 is 0. The number of aromatic nitrogens is 1. The predicted molar refractivity (Wildman–Crippen MR) is 46.0 cm³/mol. The second-order valence-corrected chi connectivity index (χ2v) is 2.71. The fourth-order valence-electron chi connectivity index (χ4n) is 1.19. The van der Waals surface area contributed by atoms with Gasteiger partial charge >= 0.3 is 6.61 Å². The summed E-state index contributed by atoms with van der Waals surface area (Å²) in [4.78, 5) is 14.4. The van der Waals surface area contributed by atoms with Gasteiger partial charge in [0.1, 0.15) is 11.3 Å². The molecule has 2 aromatic rings. The molecule has 1 aromatic heterocycles. The van der Waals surface area contributed by atoms with Crippen molar-refractivity contribution < 1.29 is 22.7 Å². The molecule has 0 aliphatic heterocycles. The van der Waals surface area contributed by atoms with Crippen LogP contribution in [0.5, 0.6) is 5.75 Å². The Labute approximate surface area is 82.5 Å². The maximum atomic E-state index is 12.0. The van der Waals surface area contributed by atoms with Crippen molar-refractivity contribution in [2.24, 2.45) is 0 Å². The van der Waals surface area contributed by atoms with E-state index in [4.69, 9.17) is 4.42 Å². The summed E-state index contributed by atoms with van der Waals surface area (Å²) in [6.07, 6.45) is 1.58. The molecular formula is C9H5F2NO3. The molecule has 0 fully saturated rings. The molecule has 15 heavy (non-hydrogen) atoms. The summed E-state index contributed by atoms with van der Waals surface area (Å²) in [5.74, 6) is -0.218. The van der Waals surface area contributed by atoms with Gasteiger partial charge in [-0.3, -0.25) is 4.79 Å². The highest BCUT2D eigenvalue weighted by molar-refractivity contribution is 5.87. The van der Waals surface area contributed by atoms with E-state index in [-0.39, 0.29) is 16.9 Å². The van der Waals surface area contributed by atoms with Crippen molar-refractivity contribution in [3.63, 3.8) is 0 Å². The van der Waals surface area contributed by atoms with Crippen LogP contribution in [0.4, 0.5) is 8.78 Å². The lowest BCUT2D eigenvalue weighted by atomic mass is 10.2. The van der Waals surface area contributed by atoms with Crippen molar-refractivity contribution >= 4 is 17.4 Å². The van der Waals surface area contributed by atoms with Crippen LogP contribution in [0.3, 0.4) is 0 Å². The molecular weight excluding hydrogens is 208 g/mol. The van der Waals surface area contributed by atoms with Gasteiger partial charge in [0.2, 0.25) is 0 Å². The second-order valence-electron chi connectivity index (χ2n) is 2.71. The van der Waals surface area contributed by atoms with Gasteiger partial charge in [-0.15, -0.1) is 0 Å². The molecule has 0 atom stereocenters. The number of carbonyl (C=O) groups excluding carboxylic acids is 1. The van der Waals surface area contributed by atoms with Crippen LogP contribution in [0.1, 0.15) is 10.4 Å². The number of halogens is 2. The van der Waals surface area contributed by atoms with E-state index in [2.05, 4.69) is 9.72 Å². The fourth-order valence-corrected chi connectivity index (χ4v) is 1.19. The van der Waals surface area contributed by atoms with E-state index in [1.807, 2.05) is 0 Å². The molecule has 0 N–H and O–H groups in total. The molecule has 4 nitrogen and oxygen atoms in total. The van der Waals surface area contributed by atoms with Gasteiger partial charge in [-0.25, -0.2) is 4.98 Å². The first-order valence-electron chi connectivity index (χ1n) is 3.98. The lowest BCUT2D eigenvalue weighted by Crippen LogP contribution is -2.04. The monoisotopic (exact) mass is 213 g/mol. The number of rotatable bonds is 3. The van der Waals surface area contributed by atoms with Gasteiger partial charge < -0.3 is 9.15 Å². The zero-order valence-corrected chi connectivity index (χ0v) is 7.31. The Morgan fingerprint density at radius 2 is 2.27 bits per heavy atom. The van der Waals surface area contributed by atoms with E-state index >= 15 is 0 Å².